The monoisotopic (exact) mass is 237 g/mol. The molecule has 3 aliphatic rings. The molecule has 0 aromatic rings. The van der Waals surface area contributed by atoms with Gasteiger partial charge in [-0.1, -0.05) is 6.92 Å². The Morgan fingerprint density at radius 3 is 2.76 bits per heavy atom. The molecule has 0 bridgehead atoms. The SMILES string of the molecule is CCNC1CCC(N2CCN3CCCC3C2)C1. The lowest BCUT2D eigenvalue weighted by atomic mass is 10.1. The van der Waals surface area contributed by atoms with Crippen LogP contribution in [0, 0.1) is 0 Å². The number of hydrogen-bond donors (Lipinski definition) is 1. The maximum atomic E-state index is 3.62. The summed E-state index contributed by atoms with van der Waals surface area (Å²) in [7, 11) is 0. The van der Waals surface area contributed by atoms with E-state index in [2.05, 4.69) is 22.0 Å². The Bertz CT molecular complexity index is 256. The topological polar surface area (TPSA) is 18.5 Å². The molecular formula is C14H27N3. The van der Waals surface area contributed by atoms with E-state index in [1.165, 1.54) is 58.3 Å². The fourth-order valence-corrected chi connectivity index (χ4v) is 4.11. The Hall–Kier alpha value is -0.120. The van der Waals surface area contributed by atoms with Crippen LogP contribution in [-0.2, 0) is 0 Å². The summed E-state index contributed by atoms with van der Waals surface area (Å²) in [5, 5.41) is 3.62. The average molecular weight is 237 g/mol. The lowest BCUT2D eigenvalue weighted by Gasteiger charge is -2.40. The van der Waals surface area contributed by atoms with Crippen molar-refractivity contribution in [3.8, 4) is 0 Å². The zero-order valence-corrected chi connectivity index (χ0v) is 11.2. The van der Waals surface area contributed by atoms with Gasteiger partial charge >= 0.3 is 0 Å². The molecule has 3 nitrogen and oxygen atoms in total. The maximum Gasteiger partial charge on any atom is 0.0224 e. The molecule has 98 valence electrons. The minimum atomic E-state index is 0.798. The zero-order chi connectivity index (χ0) is 11.7. The van der Waals surface area contributed by atoms with Gasteiger partial charge in [-0.05, 0) is 45.2 Å². The van der Waals surface area contributed by atoms with Gasteiger partial charge in [-0.15, -0.1) is 0 Å². The fourth-order valence-electron chi connectivity index (χ4n) is 4.11. The van der Waals surface area contributed by atoms with Crippen LogP contribution in [0.25, 0.3) is 0 Å². The smallest absolute Gasteiger partial charge is 0.0224 e. The second-order valence-electron chi connectivity index (χ2n) is 6.05. The van der Waals surface area contributed by atoms with Gasteiger partial charge in [-0.25, -0.2) is 0 Å². The van der Waals surface area contributed by atoms with E-state index in [0.717, 1.165) is 24.7 Å². The van der Waals surface area contributed by atoms with Crippen LogP contribution in [0.5, 0.6) is 0 Å². The third-order valence-electron chi connectivity index (χ3n) is 5.03. The van der Waals surface area contributed by atoms with Crippen LogP contribution in [0.3, 0.4) is 0 Å². The van der Waals surface area contributed by atoms with E-state index < -0.39 is 0 Å². The van der Waals surface area contributed by atoms with Crippen LogP contribution in [0.4, 0.5) is 0 Å². The molecule has 0 aromatic carbocycles. The predicted octanol–water partition coefficient (Wildman–Crippen LogP) is 1.30. The Balaban J connectivity index is 1.52. The maximum absolute atomic E-state index is 3.62. The van der Waals surface area contributed by atoms with E-state index >= 15 is 0 Å². The molecular weight excluding hydrogens is 210 g/mol. The zero-order valence-electron chi connectivity index (χ0n) is 11.2. The fraction of sp³-hybridized carbons (Fsp3) is 1.00. The van der Waals surface area contributed by atoms with Crippen molar-refractivity contribution in [2.45, 2.75) is 57.2 Å². The Kier molecular flexibility index (Phi) is 3.69. The number of nitrogens with one attached hydrogen (secondary N) is 1. The molecule has 0 aromatic heterocycles. The summed E-state index contributed by atoms with van der Waals surface area (Å²) in [6.07, 6.45) is 7.08. The van der Waals surface area contributed by atoms with E-state index in [1.54, 1.807) is 0 Å². The summed E-state index contributed by atoms with van der Waals surface area (Å²) >= 11 is 0. The van der Waals surface area contributed by atoms with E-state index in [0.29, 0.717) is 0 Å². The summed E-state index contributed by atoms with van der Waals surface area (Å²) in [6.45, 7) is 8.72. The molecule has 1 aliphatic carbocycles. The first-order valence-corrected chi connectivity index (χ1v) is 7.58. The van der Waals surface area contributed by atoms with Gasteiger partial charge in [0, 0.05) is 37.8 Å². The first-order chi connectivity index (χ1) is 8.36. The standard InChI is InChI=1S/C14H27N3/c1-2-15-12-5-6-13(10-12)17-9-8-16-7-3-4-14(16)11-17/h12-15H,2-11H2,1H3. The molecule has 2 heterocycles. The Morgan fingerprint density at radius 1 is 1.00 bits per heavy atom. The van der Waals surface area contributed by atoms with E-state index in [9.17, 15) is 0 Å². The lowest BCUT2D eigenvalue weighted by molar-refractivity contribution is 0.0726. The van der Waals surface area contributed by atoms with Crippen LogP contribution in [0.2, 0.25) is 0 Å². The first-order valence-electron chi connectivity index (χ1n) is 7.58. The van der Waals surface area contributed by atoms with Crippen molar-refractivity contribution in [3.05, 3.63) is 0 Å². The molecule has 17 heavy (non-hydrogen) atoms. The van der Waals surface area contributed by atoms with Crippen molar-refractivity contribution < 1.29 is 0 Å². The van der Waals surface area contributed by atoms with Crippen molar-refractivity contribution in [2.24, 2.45) is 0 Å². The molecule has 1 N–H and O–H groups in total. The lowest BCUT2D eigenvalue weighted by Crippen LogP contribution is -2.53. The minimum Gasteiger partial charge on any atom is -0.314 e. The molecule has 3 heteroatoms. The molecule has 1 saturated carbocycles. The van der Waals surface area contributed by atoms with E-state index in [4.69, 9.17) is 0 Å². The van der Waals surface area contributed by atoms with E-state index in [-0.39, 0.29) is 0 Å². The molecule has 0 radical (unpaired) electrons. The minimum absolute atomic E-state index is 0.798. The van der Waals surface area contributed by atoms with Crippen LogP contribution >= 0.6 is 0 Å². The van der Waals surface area contributed by atoms with Crippen LogP contribution < -0.4 is 5.32 Å². The van der Waals surface area contributed by atoms with E-state index in [1.807, 2.05) is 0 Å². The third kappa shape index (κ3) is 2.51. The highest BCUT2D eigenvalue weighted by Gasteiger charge is 2.35. The highest BCUT2D eigenvalue weighted by Crippen LogP contribution is 2.29. The molecule has 3 unspecified atom stereocenters. The van der Waals surface area contributed by atoms with Gasteiger partial charge in [0.1, 0.15) is 0 Å². The van der Waals surface area contributed by atoms with Gasteiger partial charge in [-0.2, -0.15) is 0 Å². The molecule has 2 saturated heterocycles. The Labute approximate surface area is 106 Å². The molecule has 2 aliphatic heterocycles. The van der Waals surface area contributed by atoms with Gasteiger partial charge in [-0.3, -0.25) is 9.80 Å². The second-order valence-corrected chi connectivity index (χ2v) is 6.05. The first kappa shape index (κ1) is 11.9. The molecule has 3 fully saturated rings. The number of hydrogen-bond acceptors (Lipinski definition) is 3. The summed E-state index contributed by atoms with van der Waals surface area (Å²) < 4.78 is 0. The summed E-state index contributed by atoms with van der Waals surface area (Å²) in [6, 6.07) is 2.57. The third-order valence-corrected chi connectivity index (χ3v) is 5.03. The number of nitrogens with zero attached hydrogens (tertiary/aromatic N) is 2. The molecule has 0 spiro atoms. The van der Waals surface area contributed by atoms with Crippen LogP contribution in [-0.4, -0.2) is 60.6 Å². The highest BCUT2D eigenvalue weighted by molar-refractivity contribution is 4.93. The Morgan fingerprint density at radius 2 is 1.88 bits per heavy atom. The predicted molar refractivity (Wildman–Crippen MR) is 71.3 cm³/mol. The van der Waals surface area contributed by atoms with Crippen molar-refractivity contribution in [1.29, 1.82) is 0 Å². The van der Waals surface area contributed by atoms with Gasteiger partial charge in [0.25, 0.3) is 0 Å². The summed E-state index contributed by atoms with van der Waals surface area (Å²) in [5.74, 6) is 0. The van der Waals surface area contributed by atoms with Gasteiger partial charge in [0.05, 0.1) is 0 Å². The summed E-state index contributed by atoms with van der Waals surface area (Å²) in [4.78, 5) is 5.51. The van der Waals surface area contributed by atoms with Crippen molar-refractivity contribution >= 4 is 0 Å². The normalized spacial score (nSPS) is 39.7. The van der Waals surface area contributed by atoms with Crippen LogP contribution in [0.1, 0.15) is 39.0 Å². The number of piperazine rings is 1. The van der Waals surface area contributed by atoms with Crippen molar-refractivity contribution in [3.63, 3.8) is 0 Å². The molecule has 3 atom stereocenters. The second kappa shape index (κ2) is 5.25. The molecule has 3 rings (SSSR count). The van der Waals surface area contributed by atoms with Crippen LogP contribution in [0.15, 0.2) is 0 Å². The van der Waals surface area contributed by atoms with Gasteiger partial charge in [0.15, 0.2) is 0 Å². The largest absolute Gasteiger partial charge is 0.314 e. The highest BCUT2D eigenvalue weighted by atomic mass is 15.3. The quantitative estimate of drug-likeness (QED) is 0.798. The summed E-state index contributed by atoms with van der Waals surface area (Å²) in [5.41, 5.74) is 0. The molecule has 0 amide bonds. The van der Waals surface area contributed by atoms with Crippen molar-refractivity contribution in [2.75, 3.05) is 32.7 Å². The average Bonchev–Trinajstić information content (AvgIpc) is 2.96. The number of fused-ring (bicyclic) bond motifs is 1. The van der Waals surface area contributed by atoms with Crippen molar-refractivity contribution in [1.82, 2.24) is 15.1 Å². The van der Waals surface area contributed by atoms with Gasteiger partial charge in [0.2, 0.25) is 0 Å². The number of rotatable bonds is 3. The van der Waals surface area contributed by atoms with Gasteiger partial charge < -0.3 is 5.32 Å².